The highest BCUT2D eigenvalue weighted by atomic mass is 32.2. The Hall–Kier alpha value is -2.54. The molecule has 2 rings (SSSR count). The van der Waals surface area contributed by atoms with Crippen LogP contribution in [-0.2, 0) is 10.8 Å². The highest BCUT2D eigenvalue weighted by Crippen LogP contribution is 2.29. The van der Waals surface area contributed by atoms with Crippen molar-refractivity contribution in [3.8, 4) is 11.5 Å². The van der Waals surface area contributed by atoms with Crippen molar-refractivity contribution >= 4 is 22.4 Å². The molecule has 0 heterocycles. The number of benzene rings is 2. The third-order valence-corrected chi connectivity index (χ3v) is 4.83. The number of hydrogen-bond donors (Lipinski definition) is 2. The number of aliphatic imine (C=N–C) groups is 1. The summed E-state index contributed by atoms with van der Waals surface area (Å²) in [5.41, 5.74) is 0.815. The first kappa shape index (κ1) is 18.8. The van der Waals surface area contributed by atoms with Crippen molar-refractivity contribution in [3.05, 3.63) is 48.5 Å². The Labute approximate surface area is 150 Å². The van der Waals surface area contributed by atoms with E-state index >= 15 is 0 Å². The second-order valence-corrected chi connectivity index (χ2v) is 6.63. The third kappa shape index (κ3) is 5.49. The molecule has 6 nitrogen and oxygen atoms in total. The molecule has 0 saturated carbocycles. The second-order valence-electron chi connectivity index (χ2n) is 5.06. The Bertz CT molecular complexity index is 736. The maximum atomic E-state index is 12.2. The summed E-state index contributed by atoms with van der Waals surface area (Å²) in [4.78, 5) is 5.00. The van der Waals surface area contributed by atoms with Crippen molar-refractivity contribution in [1.29, 1.82) is 0 Å². The van der Waals surface area contributed by atoms with E-state index in [0.29, 0.717) is 29.8 Å². The molecule has 2 aromatic rings. The van der Waals surface area contributed by atoms with Gasteiger partial charge >= 0.3 is 0 Å². The van der Waals surface area contributed by atoms with Gasteiger partial charge in [-0.1, -0.05) is 18.2 Å². The second kappa shape index (κ2) is 9.68. The standard InChI is InChI=1S/C18H23N3O3S/c1-19-18(20-11-12-25(22)15-7-5-4-6-8-15)21-14-9-10-16(23-2)17(13-14)24-3/h4-10,13H,11-12H2,1-3H3,(H2,19,20,21). The van der Waals surface area contributed by atoms with E-state index in [0.717, 1.165) is 10.6 Å². The molecule has 0 spiro atoms. The van der Waals surface area contributed by atoms with E-state index in [9.17, 15) is 4.21 Å². The molecule has 0 bridgehead atoms. The monoisotopic (exact) mass is 361 g/mol. The Morgan fingerprint density at radius 2 is 1.80 bits per heavy atom. The van der Waals surface area contributed by atoms with Crippen LogP contribution in [0.15, 0.2) is 58.4 Å². The Morgan fingerprint density at radius 1 is 1.08 bits per heavy atom. The number of nitrogens with zero attached hydrogens (tertiary/aromatic N) is 1. The number of hydrogen-bond acceptors (Lipinski definition) is 4. The van der Waals surface area contributed by atoms with E-state index in [2.05, 4.69) is 15.6 Å². The van der Waals surface area contributed by atoms with Crippen LogP contribution in [0.3, 0.4) is 0 Å². The van der Waals surface area contributed by atoms with Crippen molar-refractivity contribution in [3.63, 3.8) is 0 Å². The lowest BCUT2D eigenvalue weighted by Gasteiger charge is -2.14. The first-order valence-corrected chi connectivity index (χ1v) is 9.13. The van der Waals surface area contributed by atoms with Crippen LogP contribution in [0.5, 0.6) is 11.5 Å². The average Bonchev–Trinajstić information content (AvgIpc) is 2.67. The zero-order chi connectivity index (χ0) is 18.1. The van der Waals surface area contributed by atoms with Gasteiger partial charge in [0.25, 0.3) is 0 Å². The zero-order valence-electron chi connectivity index (χ0n) is 14.6. The molecule has 0 aromatic heterocycles. The summed E-state index contributed by atoms with van der Waals surface area (Å²) in [6.45, 7) is 0.536. The number of nitrogens with one attached hydrogen (secondary N) is 2. The molecular formula is C18H23N3O3S. The van der Waals surface area contributed by atoms with Gasteiger partial charge in [0.05, 0.1) is 25.0 Å². The van der Waals surface area contributed by atoms with Crippen LogP contribution in [0, 0.1) is 0 Å². The Balaban J connectivity index is 1.90. The SMILES string of the molecule is CN=C(NCCS(=O)c1ccccc1)Nc1ccc(OC)c(OC)c1. The van der Waals surface area contributed by atoms with E-state index in [1.165, 1.54) is 0 Å². The lowest BCUT2D eigenvalue weighted by Crippen LogP contribution is -2.33. The van der Waals surface area contributed by atoms with Crippen LogP contribution in [0.2, 0.25) is 0 Å². The molecule has 1 atom stereocenters. The lowest BCUT2D eigenvalue weighted by atomic mass is 10.3. The predicted octanol–water partition coefficient (Wildman–Crippen LogP) is 2.50. The van der Waals surface area contributed by atoms with Gasteiger partial charge in [0.15, 0.2) is 17.5 Å². The van der Waals surface area contributed by atoms with Crippen LogP contribution >= 0.6 is 0 Å². The van der Waals surface area contributed by atoms with E-state index in [-0.39, 0.29) is 0 Å². The van der Waals surface area contributed by atoms with E-state index in [4.69, 9.17) is 9.47 Å². The molecule has 0 aliphatic rings. The van der Waals surface area contributed by atoms with E-state index < -0.39 is 10.8 Å². The van der Waals surface area contributed by atoms with Crippen molar-refractivity contribution in [2.45, 2.75) is 4.90 Å². The number of guanidine groups is 1. The summed E-state index contributed by atoms with van der Waals surface area (Å²) in [5, 5.41) is 6.33. The normalized spacial score (nSPS) is 12.4. The minimum atomic E-state index is -1.04. The quantitative estimate of drug-likeness (QED) is 0.586. The number of anilines is 1. The molecule has 0 saturated heterocycles. The molecule has 134 valence electrons. The molecular weight excluding hydrogens is 338 g/mol. The van der Waals surface area contributed by atoms with Crippen LogP contribution < -0.4 is 20.1 Å². The topological polar surface area (TPSA) is 72.0 Å². The average molecular weight is 361 g/mol. The maximum Gasteiger partial charge on any atom is 0.195 e. The summed E-state index contributed by atoms with van der Waals surface area (Å²) in [5.74, 6) is 2.39. The van der Waals surface area contributed by atoms with Crippen LogP contribution in [-0.4, -0.2) is 43.7 Å². The van der Waals surface area contributed by atoms with Gasteiger partial charge in [-0.2, -0.15) is 0 Å². The van der Waals surface area contributed by atoms with Crippen molar-refractivity contribution in [1.82, 2.24) is 5.32 Å². The van der Waals surface area contributed by atoms with Crippen molar-refractivity contribution in [2.75, 3.05) is 38.9 Å². The fourth-order valence-corrected chi connectivity index (χ4v) is 3.17. The summed E-state index contributed by atoms with van der Waals surface area (Å²) < 4.78 is 22.7. The van der Waals surface area contributed by atoms with Gasteiger partial charge < -0.3 is 20.1 Å². The summed E-state index contributed by atoms with van der Waals surface area (Å²) in [6.07, 6.45) is 0. The molecule has 0 aliphatic carbocycles. The Morgan fingerprint density at radius 3 is 2.44 bits per heavy atom. The fourth-order valence-electron chi connectivity index (χ4n) is 2.18. The lowest BCUT2D eigenvalue weighted by molar-refractivity contribution is 0.355. The number of ether oxygens (including phenoxy) is 2. The largest absolute Gasteiger partial charge is 0.493 e. The molecule has 2 aromatic carbocycles. The third-order valence-electron chi connectivity index (χ3n) is 3.46. The summed E-state index contributed by atoms with van der Waals surface area (Å²) in [7, 11) is 3.83. The Kier molecular flexibility index (Phi) is 7.28. The van der Waals surface area contributed by atoms with Gasteiger partial charge in [-0.25, -0.2) is 0 Å². The molecule has 2 N–H and O–H groups in total. The van der Waals surface area contributed by atoms with Crippen molar-refractivity contribution < 1.29 is 13.7 Å². The molecule has 0 amide bonds. The van der Waals surface area contributed by atoms with Crippen LogP contribution in [0.25, 0.3) is 0 Å². The summed E-state index contributed by atoms with van der Waals surface area (Å²) >= 11 is 0. The van der Waals surface area contributed by atoms with Gasteiger partial charge in [0.1, 0.15) is 0 Å². The van der Waals surface area contributed by atoms with Gasteiger partial charge in [-0.15, -0.1) is 0 Å². The van der Waals surface area contributed by atoms with Gasteiger partial charge in [-0.05, 0) is 24.3 Å². The molecule has 1 unspecified atom stereocenters. The molecule has 7 heteroatoms. The first-order chi connectivity index (χ1) is 12.2. The fraction of sp³-hybridized carbons (Fsp3) is 0.278. The minimum Gasteiger partial charge on any atom is -0.493 e. The van der Waals surface area contributed by atoms with Gasteiger partial charge in [0.2, 0.25) is 0 Å². The highest BCUT2D eigenvalue weighted by Gasteiger charge is 2.07. The molecule has 0 fully saturated rings. The van der Waals surface area contributed by atoms with Gasteiger partial charge in [-0.3, -0.25) is 9.20 Å². The maximum absolute atomic E-state index is 12.2. The number of rotatable bonds is 7. The smallest absolute Gasteiger partial charge is 0.195 e. The molecule has 0 aliphatic heterocycles. The molecule has 25 heavy (non-hydrogen) atoms. The van der Waals surface area contributed by atoms with Crippen LogP contribution in [0.1, 0.15) is 0 Å². The van der Waals surface area contributed by atoms with E-state index in [1.54, 1.807) is 21.3 Å². The zero-order valence-corrected chi connectivity index (χ0v) is 15.4. The predicted molar refractivity (Wildman–Crippen MR) is 102 cm³/mol. The van der Waals surface area contributed by atoms with Gasteiger partial charge in [0, 0.05) is 36.0 Å². The molecule has 0 radical (unpaired) electrons. The van der Waals surface area contributed by atoms with E-state index in [1.807, 2.05) is 48.5 Å². The first-order valence-electron chi connectivity index (χ1n) is 7.81. The van der Waals surface area contributed by atoms with Crippen molar-refractivity contribution in [2.24, 2.45) is 4.99 Å². The minimum absolute atomic E-state index is 0.497. The van der Waals surface area contributed by atoms with Crippen LogP contribution in [0.4, 0.5) is 5.69 Å². The highest BCUT2D eigenvalue weighted by molar-refractivity contribution is 7.85. The summed E-state index contributed by atoms with van der Waals surface area (Å²) in [6, 6.07) is 14.9. The number of methoxy groups -OCH3 is 2.